The molecule has 6 rings (SSSR count). The van der Waals surface area contributed by atoms with Crippen LogP contribution >= 0.6 is 11.6 Å². The van der Waals surface area contributed by atoms with Crippen LogP contribution in [-0.2, 0) is 4.79 Å². The maximum absolute atomic E-state index is 14.5. The number of fused-ring (bicyclic) bond motifs is 5. The first-order valence-corrected chi connectivity index (χ1v) is 13.0. The van der Waals surface area contributed by atoms with Crippen LogP contribution in [0.2, 0.25) is 5.02 Å². The molecule has 1 saturated heterocycles. The second kappa shape index (κ2) is 8.00. The zero-order chi connectivity index (χ0) is 26.3. The van der Waals surface area contributed by atoms with Gasteiger partial charge in [0.05, 0.1) is 12.1 Å². The van der Waals surface area contributed by atoms with Crippen LogP contribution in [-0.4, -0.2) is 29.4 Å². The fraction of sp³-hybridized carbons (Fsp3) is 0.281. The lowest BCUT2D eigenvalue weighted by Gasteiger charge is -2.38. The van der Waals surface area contributed by atoms with E-state index in [-0.39, 0.29) is 17.3 Å². The standard InChI is InChI=1S/C32H28ClNO3/c1-18-9-11-19(12-10-18)26-27(30(37)31(2,3)4)34-24-15-14-21(33)17-20(24)13-16-25(34)32(26)28(35)22-7-5-6-8-23(22)29(32)36/h5-17,25-27H,1-4H3/t25-,26+,27-/m0/s1. The molecule has 37 heavy (non-hydrogen) atoms. The predicted octanol–water partition coefficient (Wildman–Crippen LogP) is 6.70. The van der Waals surface area contributed by atoms with Crippen molar-refractivity contribution >= 4 is 40.7 Å². The number of carbonyl (C=O) groups excluding carboxylic acids is 3. The van der Waals surface area contributed by atoms with Gasteiger partial charge in [0.15, 0.2) is 17.3 Å². The van der Waals surface area contributed by atoms with E-state index >= 15 is 0 Å². The topological polar surface area (TPSA) is 54.5 Å². The summed E-state index contributed by atoms with van der Waals surface area (Å²) in [5.74, 6) is -1.09. The molecule has 1 fully saturated rings. The molecular weight excluding hydrogens is 482 g/mol. The Morgan fingerprint density at radius 1 is 0.919 bits per heavy atom. The van der Waals surface area contributed by atoms with Gasteiger partial charge < -0.3 is 4.90 Å². The second-order valence-electron chi connectivity index (χ2n) is 11.4. The van der Waals surface area contributed by atoms with Crippen LogP contribution in [0, 0.1) is 17.8 Å². The highest BCUT2D eigenvalue weighted by molar-refractivity contribution is 6.32. The molecule has 5 heteroatoms. The van der Waals surface area contributed by atoms with E-state index in [0.717, 1.165) is 22.4 Å². The maximum Gasteiger partial charge on any atom is 0.180 e. The van der Waals surface area contributed by atoms with Crippen molar-refractivity contribution in [2.24, 2.45) is 10.8 Å². The van der Waals surface area contributed by atoms with Gasteiger partial charge in [-0.05, 0) is 36.2 Å². The average molecular weight is 510 g/mol. The summed E-state index contributed by atoms with van der Waals surface area (Å²) in [6, 6.07) is 19.2. The number of rotatable bonds is 2. The molecule has 1 aliphatic carbocycles. The molecule has 3 aliphatic rings. The molecule has 0 N–H and O–H groups in total. The molecule has 186 valence electrons. The summed E-state index contributed by atoms with van der Waals surface area (Å²) in [4.78, 5) is 45.4. The Morgan fingerprint density at radius 3 is 2.14 bits per heavy atom. The van der Waals surface area contributed by atoms with Crippen LogP contribution in [0.3, 0.4) is 0 Å². The van der Waals surface area contributed by atoms with Crippen LogP contribution in [0.25, 0.3) is 6.08 Å². The van der Waals surface area contributed by atoms with E-state index in [2.05, 4.69) is 0 Å². The van der Waals surface area contributed by atoms with Gasteiger partial charge in [0.2, 0.25) is 0 Å². The third-order valence-corrected chi connectivity index (χ3v) is 8.45. The first-order valence-electron chi connectivity index (χ1n) is 12.6. The van der Waals surface area contributed by atoms with Gasteiger partial charge in [0.25, 0.3) is 0 Å². The Hall–Kier alpha value is -3.50. The molecule has 2 heterocycles. The highest BCUT2D eigenvalue weighted by Gasteiger charge is 2.71. The quantitative estimate of drug-likeness (QED) is 0.361. The monoisotopic (exact) mass is 509 g/mol. The molecule has 0 amide bonds. The summed E-state index contributed by atoms with van der Waals surface area (Å²) in [7, 11) is 0. The molecule has 4 nitrogen and oxygen atoms in total. The fourth-order valence-electron chi connectivity index (χ4n) is 6.54. The minimum atomic E-state index is -1.46. The number of aryl methyl sites for hydroxylation is 1. The van der Waals surface area contributed by atoms with Crippen molar-refractivity contribution in [1.82, 2.24) is 0 Å². The molecule has 0 saturated carbocycles. The summed E-state index contributed by atoms with van der Waals surface area (Å²) >= 11 is 6.33. The molecule has 1 spiro atoms. The number of ketones is 3. The van der Waals surface area contributed by atoms with Crippen molar-refractivity contribution in [2.45, 2.75) is 45.7 Å². The van der Waals surface area contributed by atoms with Crippen LogP contribution in [0.1, 0.15) is 64.1 Å². The van der Waals surface area contributed by atoms with Crippen LogP contribution < -0.4 is 4.90 Å². The van der Waals surface area contributed by atoms with E-state index in [1.54, 1.807) is 30.3 Å². The number of carbonyl (C=O) groups is 3. The van der Waals surface area contributed by atoms with Crippen molar-refractivity contribution in [3.8, 4) is 0 Å². The number of hydrogen-bond acceptors (Lipinski definition) is 4. The van der Waals surface area contributed by atoms with Gasteiger partial charge >= 0.3 is 0 Å². The predicted molar refractivity (Wildman–Crippen MR) is 146 cm³/mol. The van der Waals surface area contributed by atoms with Gasteiger partial charge in [-0.2, -0.15) is 0 Å². The zero-order valence-corrected chi connectivity index (χ0v) is 22.0. The molecule has 3 aromatic carbocycles. The van der Waals surface area contributed by atoms with Crippen molar-refractivity contribution < 1.29 is 14.4 Å². The Kier molecular flexibility index (Phi) is 5.16. The number of Topliss-reactive ketones (excluding diaryl/α,β-unsaturated/α-hetero) is 3. The van der Waals surface area contributed by atoms with Gasteiger partial charge in [-0.1, -0.05) is 98.6 Å². The number of hydrogen-bond donors (Lipinski definition) is 0. The highest BCUT2D eigenvalue weighted by Crippen LogP contribution is 2.61. The van der Waals surface area contributed by atoms with Crippen molar-refractivity contribution in [2.75, 3.05) is 4.90 Å². The lowest BCUT2D eigenvalue weighted by Crippen LogP contribution is -2.49. The summed E-state index contributed by atoms with van der Waals surface area (Å²) in [5.41, 5.74) is 2.27. The number of nitrogens with zero attached hydrogens (tertiary/aromatic N) is 1. The highest BCUT2D eigenvalue weighted by atomic mass is 35.5. The van der Waals surface area contributed by atoms with E-state index in [1.807, 2.05) is 81.1 Å². The first kappa shape index (κ1) is 23.9. The molecular formula is C32H28ClNO3. The van der Waals surface area contributed by atoms with Crippen LogP contribution in [0.4, 0.5) is 5.69 Å². The zero-order valence-electron chi connectivity index (χ0n) is 21.3. The summed E-state index contributed by atoms with van der Waals surface area (Å²) < 4.78 is 0. The van der Waals surface area contributed by atoms with Crippen LogP contribution in [0.5, 0.6) is 0 Å². The molecule has 0 aromatic heterocycles. The van der Waals surface area contributed by atoms with Crippen molar-refractivity contribution in [3.05, 3.63) is 106 Å². The second-order valence-corrected chi connectivity index (χ2v) is 11.9. The van der Waals surface area contributed by atoms with E-state index in [9.17, 15) is 14.4 Å². The normalized spacial score (nSPS) is 23.3. The Bertz CT molecular complexity index is 1480. The smallest absolute Gasteiger partial charge is 0.180 e. The largest absolute Gasteiger partial charge is 0.352 e. The SMILES string of the molecule is Cc1ccc([C@@H]2[C@@H](C(=O)C(C)(C)C)N3c4ccc(Cl)cc4C=C[C@H]3C23C(=O)c2ccccc2C3=O)cc1. The minimum Gasteiger partial charge on any atom is -0.352 e. The number of halogens is 1. The molecule has 2 aliphatic heterocycles. The summed E-state index contributed by atoms with van der Waals surface area (Å²) in [6.07, 6.45) is 3.86. The lowest BCUT2D eigenvalue weighted by molar-refractivity contribution is -0.127. The summed E-state index contributed by atoms with van der Waals surface area (Å²) in [6.45, 7) is 7.70. The van der Waals surface area contributed by atoms with E-state index in [1.165, 1.54) is 0 Å². The van der Waals surface area contributed by atoms with Gasteiger partial charge in [-0.3, -0.25) is 14.4 Å². The third kappa shape index (κ3) is 3.18. The molecule has 0 bridgehead atoms. The average Bonchev–Trinajstić information content (AvgIpc) is 3.29. The van der Waals surface area contributed by atoms with Crippen molar-refractivity contribution in [3.63, 3.8) is 0 Å². The first-order chi connectivity index (χ1) is 17.6. The fourth-order valence-corrected chi connectivity index (χ4v) is 6.72. The van der Waals surface area contributed by atoms with Gasteiger partial charge in [0.1, 0.15) is 5.41 Å². The van der Waals surface area contributed by atoms with Gasteiger partial charge in [-0.25, -0.2) is 0 Å². The third-order valence-electron chi connectivity index (χ3n) is 8.21. The van der Waals surface area contributed by atoms with E-state index in [4.69, 9.17) is 11.6 Å². The Balaban J connectivity index is 1.70. The van der Waals surface area contributed by atoms with Crippen molar-refractivity contribution in [1.29, 1.82) is 0 Å². The molecule has 3 atom stereocenters. The van der Waals surface area contributed by atoms with Gasteiger partial charge in [0, 0.05) is 33.2 Å². The molecule has 0 radical (unpaired) electrons. The van der Waals surface area contributed by atoms with E-state index in [0.29, 0.717) is 16.1 Å². The molecule has 3 aromatic rings. The van der Waals surface area contributed by atoms with E-state index < -0.39 is 28.8 Å². The Morgan fingerprint density at radius 2 is 1.54 bits per heavy atom. The Labute approximate surface area is 221 Å². The van der Waals surface area contributed by atoms with Crippen LogP contribution in [0.15, 0.2) is 72.8 Å². The number of anilines is 1. The molecule has 0 unspecified atom stereocenters. The maximum atomic E-state index is 14.5. The summed E-state index contributed by atoms with van der Waals surface area (Å²) in [5, 5.41) is 0.588. The lowest BCUT2D eigenvalue weighted by atomic mass is 9.63. The number of benzene rings is 3. The van der Waals surface area contributed by atoms with Gasteiger partial charge in [-0.15, -0.1) is 0 Å². The minimum absolute atomic E-state index is 0.00675.